The molecule has 0 bridgehead atoms. The Hall–Kier alpha value is -1.81. The van der Waals surface area contributed by atoms with Crippen LogP contribution in [-0.4, -0.2) is 43.2 Å². The minimum Gasteiger partial charge on any atom is -0.480 e. The smallest absolute Gasteiger partial charge is 0.263 e. The van der Waals surface area contributed by atoms with Gasteiger partial charge >= 0.3 is 0 Å². The number of allylic oxidation sites excluding steroid dienone is 1. The molecule has 1 aromatic carbocycles. The number of benzene rings is 1. The van der Waals surface area contributed by atoms with Crippen molar-refractivity contribution in [1.82, 2.24) is 4.90 Å². The van der Waals surface area contributed by atoms with E-state index in [2.05, 4.69) is 0 Å². The molecule has 0 saturated carbocycles. The monoisotopic (exact) mass is 275 g/mol. The lowest BCUT2D eigenvalue weighted by Gasteiger charge is -2.29. The number of nitrogens with zero attached hydrogens (tertiary/aromatic N) is 1. The van der Waals surface area contributed by atoms with Gasteiger partial charge in [-0.3, -0.25) is 4.79 Å². The Labute approximate surface area is 120 Å². The molecule has 0 spiro atoms. The van der Waals surface area contributed by atoms with Gasteiger partial charge in [0.05, 0.1) is 13.2 Å². The molecule has 4 nitrogen and oxygen atoms in total. The lowest BCUT2D eigenvalue weighted by Crippen LogP contribution is -2.46. The second kappa shape index (κ2) is 7.10. The van der Waals surface area contributed by atoms with Crippen LogP contribution in [-0.2, 0) is 9.53 Å². The first-order chi connectivity index (χ1) is 9.72. The summed E-state index contributed by atoms with van der Waals surface area (Å²) in [6.07, 6.45) is 3.44. The van der Waals surface area contributed by atoms with Crippen LogP contribution in [0.5, 0.6) is 5.75 Å². The number of hydrogen-bond donors (Lipinski definition) is 0. The molecule has 1 unspecified atom stereocenters. The average molecular weight is 275 g/mol. The number of rotatable bonds is 4. The van der Waals surface area contributed by atoms with Crippen molar-refractivity contribution in [3.63, 3.8) is 0 Å². The van der Waals surface area contributed by atoms with Gasteiger partial charge in [-0.1, -0.05) is 30.4 Å². The summed E-state index contributed by atoms with van der Waals surface area (Å²) in [7, 11) is 0. The zero-order valence-electron chi connectivity index (χ0n) is 12.0. The highest BCUT2D eigenvalue weighted by Crippen LogP contribution is 2.21. The number of carbonyl (C=O) groups excluding carboxylic acids is 1. The molecule has 1 atom stereocenters. The van der Waals surface area contributed by atoms with Gasteiger partial charge in [0.15, 0.2) is 6.10 Å². The molecule has 2 rings (SSSR count). The maximum atomic E-state index is 12.3. The molecule has 1 aromatic rings. The molecule has 1 heterocycles. The maximum absolute atomic E-state index is 12.3. The number of para-hydroxylation sites is 1. The number of ether oxygens (including phenoxy) is 2. The maximum Gasteiger partial charge on any atom is 0.263 e. The summed E-state index contributed by atoms with van der Waals surface area (Å²) < 4.78 is 11.1. The largest absolute Gasteiger partial charge is 0.480 e. The third kappa shape index (κ3) is 3.61. The van der Waals surface area contributed by atoms with Crippen LogP contribution in [0.3, 0.4) is 0 Å². The molecular formula is C16H21NO3. The molecule has 1 saturated heterocycles. The van der Waals surface area contributed by atoms with Crippen molar-refractivity contribution in [3.8, 4) is 5.75 Å². The second-order valence-corrected chi connectivity index (χ2v) is 4.74. The molecule has 108 valence electrons. The Morgan fingerprint density at radius 2 is 2.05 bits per heavy atom. The zero-order chi connectivity index (χ0) is 14.4. The van der Waals surface area contributed by atoms with Gasteiger partial charge in [-0.05, 0) is 19.9 Å². The summed E-state index contributed by atoms with van der Waals surface area (Å²) in [5.74, 6) is 0.753. The van der Waals surface area contributed by atoms with Gasteiger partial charge in [-0.15, -0.1) is 0 Å². The van der Waals surface area contributed by atoms with Crippen molar-refractivity contribution in [2.45, 2.75) is 20.0 Å². The molecule has 1 aliphatic heterocycles. The summed E-state index contributed by atoms with van der Waals surface area (Å²) in [5.41, 5.74) is 0.983. The molecule has 0 N–H and O–H groups in total. The van der Waals surface area contributed by atoms with Crippen LogP contribution in [0.1, 0.15) is 19.4 Å². The molecule has 0 aromatic heterocycles. The number of amides is 1. The minimum atomic E-state index is -0.487. The molecule has 0 radical (unpaired) electrons. The Morgan fingerprint density at radius 1 is 1.35 bits per heavy atom. The van der Waals surface area contributed by atoms with E-state index >= 15 is 0 Å². The van der Waals surface area contributed by atoms with E-state index in [0.29, 0.717) is 26.3 Å². The Bertz CT molecular complexity index is 478. The first-order valence-electron chi connectivity index (χ1n) is 6.97. The van der Waals surface area contributed by atoms with Gasteiger partial charge in [0.1, 0.15) is 5.75 Å². The zero-order valence-corrected chi connectivity index (χ0v) is 12.0. The van der Waals surface area contributed by atoms with E-state index in [1.54, 1.807) is 11.8 Å². The van der Waals surface area contributed by atoms with Gasteiger partial charge in [0.25, 0.3) is 5.91 Å². The van der Waals surface area contributed by atoms with E-state index in [1.807, 2.05) is 43.3 Å². The number of morpholine rings is 1. The summed E-state index contributed by atoms with van der Waals surface area (Å²) in [6.45, 7) is 6.25. The van der Waals surface area contributed by atoms with Crippen LogP contribution >= 0.6 is 0 Å². The third-order valence-corrected chi connectivity index (χ3v) is 3.24. The van der Waals surface area contributed by atoms with E-state index in [4.69, 9.17) is 9.47 Å². The van der Waals surface area contributed by atoms with E-state index in [0.717, 1.165) is 11.3 Å². The lowest BCUT2D eigenvalue weighted by molar-refractivity contribution is -0.142. The van der Waals surface area contributed by atoms with Crippen molar-refractivity contribution in [3.05, 3.63) is 35.9 Å². The van der Waals surface area contributed by atoms with Crippen LogP contribution in [0.4, 0.5) is 0 Å². The normalized spacial score (nSPS) is 17.2. The molecule has 1 amide bonds. The topological polar surface area (TPSA) is 38.8 Å². The van der Waals surface area contributed by atoms with E-state index in [9.17, 15) is 4.79 Å². The predicted molar refractivity (Wildman–Crippen MR) is 78.6 cm³/mol. The van der Waals surface area contributed by atoms with Crippen molar-refractivity contribution < 1.29 is 14.3 Å². The van der Waals surface area contributed by atoms with Crippen LogP contribution in [0.25, 0.3) is 6.08 Å². The van der Waals surface area contributed by atoms with Crippen molar-refractivity contribution in [2.75, 3.05) is 26.3 Å². The van der Waals surface area contributed by atoms with Gasteiger partial charge in [-0.25, -0.2) is 0 Å². The highest BCUT2D eigenvalue weighted by Gasteiger charge is 2.24. The fourth-order valence-corrected chi connectivity index (χ4v) is 2.19. The Morgan fingerprint density at radius 3 is 2.75 bits per heavy atom. The van der Waals surface area contributed by atoms with Crippen LogP contribution in [0.15, 0.2) is 30.3 Å². The molecular weight excluding hydrogens is 254 g/mol. The van der Waals surface area contributed by atoms with Crippen LogP contribution in [0.2, 0.25) is 0 Å². The van der Waals surface area contributed by atoms with Crippen molar-refractivity contribution in [1.29, 1.82) is 0 Å². The highest BCUT2D eigenvalue weighted by atomic mass is 16.5. The summed E-state index contributed by atoms with van der Waals surface area (Å²) in [4.78, 5) is 14.1. The van der Waals surface area contributed by atoms with Gasteiger partial charge in [0, 0.05) is 18.7 Å². The summed E-state index contributed by atoms with van der Waals surface area (Å²) in [5, 5.41) is 0. The quantitative estimate of drug-likeness (QED) is 0.846. The van der Waals surface area contributed by atoms with Crippen molar-refractivity contribution in [2.24, 2.45) is 0 Å². The minimum absolute atomic E-state index is 0.0172. The fraction of sp³-hybridized carbons (Fsp3) is 0.438. The molecule has 0 aliphatic carbocycles. The second-order valence-electron chi connectivity index (χ2n) is 4.74. The van der Waals surface area contributed by atoms with Crippen LogP contribution in [0, 0.1) is 0 Å². The predicted octanol–water partition coefficient (Wildman–Crippen LogP) is 2.35. The number of carbonyl (C=O) groups is 1. The van der Waals surface area contributed by atoms with Gasteiger partial charge in [-0.2, -0.15) is 0 Å². The first kappa shape index (κ1) is 14.6. The fourth-order valence-electron chi connectivity index (χ4n) is 2.19. The average Bonchev–Trinajstić information content (AvgIpc) is 2.49. The number of hydrogen-bond acceptors (Lipinski definition) is 3. The summed E-state index contributed by atoms with van der Waals surface area (Å²) >= 11 is 0. The first-order valence-corrected chi connectivity index (χ1v) is 6.97. The van der Waals surface area contributed by atoms with E-state index in [1.165, 1.54) is 0 Å². The molecule has 1 fully saturated rings. The van der Waals surface area contributed by atoms with E-state index in [-0.39, 0.29) is 5.91 Å². The van der Waals surface area contributed by atoms with Gasteiger partial charge < -0.3 is 14.4 Å². The van der Waals surface area contributed by atoms with Crippen LogP contribution < -0.4 is 4.74 Å². The Balaban J connectivity index is 2.03. The lowest BCUT2D eigenvalue weighted by atomic mass is 10.2. The standard InChI is InChI=1S/C16H21NO3/c1-3-6-14-7-4-5-8-15(14)20-13(2)16(18)17-9-11-19-12-10-17/h3-8,13H,9-12H2,1-2H3. The Kier molecular flexibility index (Phi) is 5.18. The molecule has 20 heavy (non-hydrogen) atoms. The summed E-state index contributed by atoms with van der Waals surface area (Å²) in [6, 6.07) is 7.73. The molecule has 1 aliphatic rings. The van der Waals surface area contributed by atoms with E-state index < -0.39 is 6.10 Å². The van der Waals surface area contributed by atoms with Crippen molar-refractivity contribution >= 4 is 12.0 Å². The third-order valence-electron chi connectivity index (χ3n) is 3.24. The molecule has 4 heteroatoms. The highest BCUT2D eigenvalue weighted by molar-refractivity contribution is 5.81. The van der Waals surface area contributed by atoms with Gasteiger partial charge in [0.2, 0.25) is 0 Å². The SMILES string of the molecule is CC=Cc1ccccc1OC(C)C(=O)N1CCOCC1.